The maximum atomic E-state index is 12.6. The van der Waals surface area contributed by atoms with E-state index in [1.54, 1.807) is 31.3 Å². The van der Waals surface area contributed by atoms with Crippen molar-refractivity contribution in [1.29, 1.82) is 0 Å². The number of hydrogen-bond donors (Lipinski definition) is 0. The van der Waals surface area contributed by atoms with Gasteiger partial charge in [-0.1, -0.05) is 23.7 Å². The Labute approximate surface area is 152 Å². The zero-order valence-corrected chi connectivity index (χ0v) is 15.8. The largest absolute Gasteiger partial charge is 0.317 e. The van der Waals surface area contributed by atoms with Gasteiger partial charge in [0.2, 0.25) is 15.0 Å². The molecule has 0 spiro atoms. The summed E-state index contributed by atoms with van der Waals surface area (Å²) in [5, 5.41) is 0.599. The summed E-state index contributed by atoms with van der Waals surface area (Å²) in [4.78, 5) is 16.5. The minimum absolute atomic E-state index is 0.00805. The van der Waals surface area contributed by atoms with Gasteiger partial charge in [0.25, 0.3) is 0 Å². The molecule has 7 nitrogen and oxygen atoms in total. The van der Waals surface area contributed by atoms with Gasteiger partial charge >= 0.3 is 5.79 Å². The summed E-state index contributed by atoms with van der Waals surface area (Å²) in [5.74, 6) is -1.10. The van der Waals surface area contributed by atoms with Gasteiger partial charge < -0.3 is 9.47 Å². The molecular weight excluding hydrogens is 366 g/mol. The molecule has 25 heavy (non-hydrogen) atoms. The molecule has 0 N–H and O–H groups in total. The van der Waals surface area contributed by atoms with Crippen LogP contribution in [-0.2, 0) is 32.4 Å². The summed E-state index contributed by atoms with van der Waals surface area (Å²) in [6.45, 7) is 0.692. The molecule has 1 saturated heterocycles. The van der Waals surface area contributed by atoms with Crippen LogP contribution in [0.4, 0.5) is 0 Å². The van der Waals surface area contributed by atoms with Crippen LogP contribution in [0.15, 0.2) is 35.6 Å². The van der Waals surface area contributed by atoms with Gasteiger partial charge in [0.15, 0.2) is 0 Å². The molecule has 0 aliphatic carbocycles. The van der Waals surface area contributed by atoms with Crippen LogP contribution in [0.5, 0.6) is 0 Å². The molecular formula is C16H20ClN3O4S. The molecule has 136 valence electrons. The van der Waals surface area contributed by atoms with Crippen molar-refractivity contribution in [3.05, 3.63) is 46.7 Å². The number of aromatic nitrogens is 2. The van der Waals surface area contributed by atoms with Crippen molar-refractivity contribution in [2.75, 3.05) is 26.4 Å². The third-order valence-corrected chi connectivity index (χ3v) is 6.07. The molecule has 0 atom stereocenters. The minimum Gasteiger partial charge on any atom is -0.317 e. The molecule has 0 unspecified atom stereocenters. The second kappa shape index (κ2) is 6.69. The van der Waals surface area contributed by atoms with Crippen LogP contribution in [0.25, 0.3) is 0 Å². The first-order chi connectivity index (χ1) is 11.8. The van der Waals surface area contributed by atoms with Crippen molar-refractivity contribution in [3.8, 4) is 0 Å². The molecule has 2 aromatic rings. The van der Waals surface area contributed by atoms with Crippen molar-refractivity contribution in [3.63, 3.8) is 0 Å². The van der Waals surface area contributed by atoms with Gasteiger partial charge in [0.1, 0.15) is 5.69 Å². The van der Waals surface area contributed by atoms with Crippen LogP contribution in [0.3, 0.4) is 0 Å². The lowest BCUT2D eigenvalue weighted by Gasteiger charge is -2.11. The van der Waals surface area contributed by atoms with Crippen molar-refractivity contribution in [1.82, 2.24) is 14.5 Å². The van der Waals surface area contributed by atoms with Crippen LogP contribution < -0.4 is 0 Å². The average Bonchev–Trinajstić information content (AvgIpc) is 3.23. The molecule has 3 rings (SSSR count). The highest BCUT2D eigenvalue weighted by atomic mass is 35.5. The number of hydrogen-bond acceptors (Lipinski definition) is 6. The van der Waals surface area contributed by atoms with E-state index in [1.165, 1.54) is 10.8 Å². The summed E-state index contributed by atoms with van der Waals surface area (Å²) in [6.07, 6.45) is 2.01. The van der Waals surface area contributed by atoms with Gasteiger partial charge in [-0.15, -0.1) is 0 Å². The zero-order chi connectivity index (χ0) is 18.2. The van der Waals surface area contributed by atoms with Gasteiger partial charge in [-0.05, 0) is 39.2 Å². The highest BCUT2D eigenvalue weighted by molar-refractivity contribution is 7.91. The van der Waals surface area contributed by atoms with Crippen molar-refractivity contribution in [2.45, 2.75) is 17.4 Å². The Morgan fingerprint density at radius 2 is 1.88 bits per heavy atom. The van der Waals surface area contributed by atoms with Gasteiger partial charge in [-0.3, -0.25) is 0 Å². The third-order valence-electron chi connectivity index (χ3n) is 4.05. The molecule has 0 amide bonds. The summed E-state index contributed by atoms with van der Waals surface area (Å²) < 4.78 is 26.7. The van der Waals surface area contributed by atoms with Crippen LogP contribution in [-0.4, -0.2) is 49.3 Å². The lowest BCUT2D eigenvalue weighted by atomic mass is 10.0. The molecule has 1 aromatic heterocycles. The van der Waals surface area contributed by atoms with Crippen LogP contribution in [0, 0.1) is 0 Å². The van der Waals surface area contributed by atoms with Gasteiger partial charge in [0, 0.05) is 17.6 Å². The van der Waals surface area contributed by atoms with E-state index in [4.69, 9.17) is 21.4 Å². The molecule has 2 heterocycles. The monoisotopic (exact) mass is 385 g/mol. The number of imidazole rings is 1. The summed E-state index contributed by atoms with van der Waals surface area (Å²) in [5.41, 5.74) is 1.23. The predicted octanol–water partition coefficient (Wildman–Crippen LogP) is 1.96. The first-order valence-electron chi connectivity index (χ1n) is 7.79. The Balaban J connectivity index is 1.87. The number of nitrogens with zero attached hydrogens (tertiary/aromatic N) is 3. The highest BCUT2D eigenvalue weighted by Gasteiger charge is 2.55. The number of sulfone groups is 1. The van der Waals surface area contributed by atoms with Crippen LogP contribution >= 0.6 is 11.6 Å². The van der Waals surface area contributed by atoms with Gasteiger partial charge in [-0.25, -0.2) is 13.4 Å². The first kappa shape index (κ1) is 18.3. The summed E-state index contributed by atoms with van der Waals surface area (Å²) >= 11 is 5.91. The van der Waals surface area contributed by atoms with E-state index in [9.17, 15) is 8.42 Å². The van der Waals surface area contributed by atoms with E-state index < -0.39 is 15.6 Å². The predicted molar refractivity (Wildman–Crippen MR) is 92.8 cm³/mol. The van der Waals surface area contributed by atoms with E-state index in [0.29, 0.717) is 23.7 Å². The van der Waals surface area contributed by atoms with Crippen molar-refractivity contribution in [2.24, 2.45) is 7.05 Å². The topological polar surface area (TPSA) is 80.3 Å². The maximum absolute atomic E-state index is 12.6. The second-order valence-electron chi connectivity index (χ2n) is 6.25. The van der Waals surface area contributed by atoms with E-state index in [1.807, 2.05) is 19.0 Å². The Hall–Kier alpha value is -1.45. The number of rotatable bonds is 7. The fraction of sp³-hybridized carbons (Fsp3) is 0.438. The summed E-state index contributed by atoms with van der Waals surface area (Å²) in [6, 6.07) is 6.99. The Morgan fingerprint density at radius 1 is 1.24 bits per heavy atom. The zero-order valence-electron chi connectivity index (χ0n) is 14.3. The van der Waals surface area contributed by atoms with Crippen molar-refractivity contribution < 1.29 is 18.2 Å². The van der Waals surface area contributed by atoms with E-state index in [2.05, 4.69) is 4.98 Å². The lowest BCUT2D eigenvalue weighted by molar-refractivity contribution is 0.0850. The Morgan fingerprint density at radius 3 is 2.44 bits per heavy atom. The molecule has 0 saturated carbocycles. The van der Waals surface area contributed by atoms with E-state index in [-0.39, 0.29) is 10.9 Å². The average molecular weight is 386 g/mol. The smallest absolute Gasteiger partial charge is 0.300 e. The SMILES string of the molecule is CN(C)CCCS(=O)(=O)c1ncc(C2(c3ccc(Cl)cc3)OO2)n1C. The quantitative estimate of drug-likeness (QED) is 0.535. The fourth-order valence-electron chi connectivity index (χ4n) is 2.69. The molecule has 1 aliphatic rings. The standard InChI is InChI=1S/C16H20ClN3O4S/c1-19(2)9-4-10-25(21,22)15-18-11-14(20(15)3)16(23-24-16)12-5-7-13(17)8-6-12/h5-8,11H,4,9-10H2,1-3H3. The molecule has 9 heteroatoms. The lowest BCUT2D eigenvalue weighted by Crippen LogP contribution is -2.21. The normalized spacial score (nSPS) is 16.4. The maximum Gasteiger partial charge on any atom is 0.300 e. The van der Waals surface area contributed by atoms with Crippen LogP contribution in [0.2, 0.25) is 5.02 Å². The Kier molecular flexibility index (Phi) is 4.91. The number of benzene rings is 1. The first-order valence-corrected chi connectivity index (χ1v) is 9.82. The molecule has 0 radical (unpaired) electrons. The second-order valence-corrected chi connectivity index (χ2v) is 8.69. The van der Waals surface area contributed by atoms with E-state index in [0.717, 1.165) is 5.56 Å². The summed E-state index contributed by atoms with van der Waals surface area (Å²) in [7, 11) is 1.96. The van der Waals surface area contributed by atoms with Crippen molar-refractivity contribution >= 4 is 21.4 Å². The molecule has 1 aromatic carbocycles. The highest BCUT2D eigenvalue weighted by Crippen LogP contribution is 2.47. The molecule has 0 bridgehead atoms. The third kappa shape index (κ3) is 3.58. The van der Waals surface area contributed by atoms with Gasteiger partial charge in [0.05, 0.1) is 11.9 Å². The minimum atomic E-state index is -3.49. The molecule has 1 aliphatic heterocycles. The molecule has 1 fully saturated rings. The Bertz CT molecular complexity index is 858. The van der Waals surface area contributed by atoms with Gasteiger partial charge in [-0.2, -0.15) is 9.78 Å². The number of halogens is 1. The van der Waals surface area contributed by atoms with Crippen LogP contribution in [0.1, 0.15) is 17.7 Å². The van der Waals surface area contributed by atoms with E-state index >= 15 is 0 Å². The fourth-order valence-corrected chi connectivity index (χ4v) is 4.24.